The summed E-state index contributed by atoms with van der Waals surface area (Å²) in [5, 5.41) is 8.11. The van der Waals surface area contributed by atoms with Gasteiger partial charge in [0.25, 0.3) is 0 Å². The Bertz CT molecular complexity index is 402. The molecule has 0 aromatic carbocycles. The molecule has 1 N–H and O–H groups in total. The molecule has 1 aromatic rings. The summed E-state index contributed by atoms with van der Waals surface area (Å²) in [6.07, 6.45) is 6.85. The number of hydrogen-bond donors (Lipinski definition) is 1. The van der Waals surface area contributed by atoms with Crippen molar-refractivity contribution in [3.63, 3.8) is 0 Å². The molecule has 1 fully saturated rings. The molecule has 1 aliphatic rings. The van der Waals surface area contributed by atoms with Gasteiger partial charge >= 0.3 is 0 Å². The van der Waals surface area contributed by atoms with Gasteiger partial charge in [-0.05, 0) is 48.7 Å². The maximum atomic E-state index is 4.38. The fraction of sp³-hybridized carbons (Fsp3) is 0.875. The molecule has 114 valence electrons. The molecule has 3 atom stereocenters. The van der Waals surface area contributed by atoms with Gasteiger partial charge in [-0.1, -0.05) is 51.4 Å². The van der Waals surface area contributed by atoms with Gasteiger partial charge in [-0.2, -0.15) is 0 Å². The zero-order chi connectivity index (χ0) is 14.5. The third-order valence-corrected chi connectivity index (χ3v) is 5.49. The van der Waals surface area contributed by atoms with E-state index in [1.54, 1.807) is 11.5 Å². The number of rotatable bonds is 6. The summed E-state index contributed by atoms with van der Waals surface area (Å²) in [5.41, 5.74) is 1.21. The first-order valence-electron chi connectivity index (χ1n) is 8.22. The van der Waals surface area contributed by atoms with Gasteiger partial charge in [-0.25, -0.2) is 0 Å². The van der Waals surface area contributed by atoms with Crippen molar-refractivity contribution in [3.8, 4) is 0 Å². The van der Waals surface area contributed by atoms with E-state index in [1.165, 1.54) is 42.7 Å². The maximum Gasteiger partial charge on any atom is 0.0829 e. The number of hydrogen-bond acceptors (Lipinski definition) is 4. The van der Waals surface area contributed by atoms with Crippen LogP contribution in [0.5, 0.6) is 0 Å². The van der Waals surface area contributed by atoms with E-state index in [9.17, 15) is 0 Å². The molecule has 0 spiro atoms. The van der Waals surface area contributed by atoms with Crippen molar-refractivity contribution in [3.05, 3.63) is 10.6 Å². The van der Waals surface area contributed by atoms with Gasteiger partial charge in [0, 0.05) is 6.04 Å². The van der Waals surface area contributed by atoms with E-state index in [2.05, 4.69) is 42.6 Å². The molecule has 0 bridgehead atoms. The normalized spacial score (nSPS) is 25.1. The summed E-state index contributed by atoms with van der Waals surface area (Å²) in [7, 11) is 0. The Morgan fingerprint density at radius 1 is 1.30 bits per heavy atom. The lowest BCUT2D eigenvalue weighted by Gasteiger charge is -2.34. The van der Waals surface area contributed by atoms with Crippen LogP contribution in [0.25, 0.3) is 0 Å². The highest BCUT2D eigenvalue weighted by atomic mass is 32.1. The van der Waals surface area contributed by atoms with E-state index in [-0.39, 0.29) is 0 Å². The Balaban J connectivity index is 2.19. The summed E-state index contributed by atoms with van der Waals surface area (Å²) < 4.78 is 4.23. The van der Waals surface area contributed by atoms with Gasteiger partial charge in [0.2, 0.25) is 0 Å². The van der Waals surface area contributed by atoms with Gasteiger partial charge in [0.15, 0.2) is 0 Å². The lowest BCUT2D eigenvalue weighted by molar-refractivity contribution is 0.211. The molecular formula is C16H29N3S. The Hall–Kier alpha value is -0.480. The molecule has 1 heterocycles. The van der Waals surface area contributed by atoms with Crippen LogP contribution in [0, 0.1) is 11.8 Å². The Labute approximate surface area is 127 Å². The third-order valence-electron chi connectivity index (χ3n) is 4.67. The van der Waals surface area contributed by atoms with Crippen molar-refractivity contribution < 1.29 is 0 Å². The SMILES string of the molecule is CCNC(c1snnc1C(C)C)C1CCCC(CC)C1. The molecule has 4 heteroatoms. The van der Waals surface area contributed by atoms with Crippen LogP contribution in [0.3, 0.4) is 0 Å². The minimum absolute atomic E-state index is 0.465. The fourth-order valence-corrected chi connectivity index (χ4v) is 4.50. The molecule has 0 radical (unpaired) electrons. The van der Waals surface area contributed by atoms with E-state index in [0.717, 1.165) is 18.4 Å². The predicted molar refractivity (Wildman–Crippen MR) is 86.2 cm³/mol. The average Bonchev–Trinajstić information content (AvgIpc) is 2.94. The summed E-state index contributed by atoms with van der Waals surface area (Å²) in [5.74, 6) is 2.14. The number of aromatic nitrogens is 2. The van der Waals surface area contributed by atoms with Gasteiger partial charge in [0.1, 0.15) is 0 Å². The summed E-state index contributed by atoms with van der Waals surface area (Å²) in [6.45, 7) is 10.0. The van der Waals surface area contributed by atoms with Gasteiger partial charge in [-0.15, -0.1) is 5.10 Å². The van der Waals surface area contributed by atoms with Gasteiger partial charge < -0.3 is 5.32 Å². The summed E-state index contributed by atoms with van der Waals surface area (Å²) in [6, 6.07) is 0.465. The lowest BCUT2D eigenvalue weighted by Crippen LogP contribution is -2.31. The van der Waals surface area contributed by atoms with Crippen LogP contribution < -0.4 is 5.32 Å². The van der Waals surface area contributed by atoms with Crippen LogP contribution in [-0.4, -0.2) is 16.1 Å². The summed E-state index contributed by atoms with van der Waals surface area (Å²) in [4.78, 5) is 1.39. The molecule has 3 unspecified atom stereocenters. The smallest absolute Gasteiger partial charge is 0.0829 e. The maximum absolute atomic E-state index is 4.38. The molecule has 2 rings (SSSR count). The predicted octanol–water partition coefficient (Wildman–Crippen LogP) is 4.53. The van der Waals surface area contributed by atoms with Crippen molar-refractivity contribution in [2.75, 3.05) is 6.54 Å². The zero-order valence-corrected chi connectivity index (χ0v) is 14.2. The highest BCUT2D eigenvalue weighted by Gasteiger charge is 2.31. The van der Waals surface area contributed by atoms with Crippen molar-refractivity contribution in [2.24, 2.45) is 11.8 Å². The monoisotopic (exact) mass is 295 g/mol. The highest BCUT2D eigenvalue weighted by molar-refractivity contribution is 7.05. The zero-order valence-electron chi connectivity index (χ0n) is 13.4. The Kier molecular flexibility index (Phi) is 5.97. The quantitative estimate of drug-likeness (QED) is 0.838. The van der Waals surface area contributed by atoms with E-state index in [1.807, 2.05) is 0 Å². The van der Waals surface area contributed by atoms with Gasteiger partial charge in [0.05, 0.1) is 10.6 Å². The molecule has 0 amide bonds. The molecule has 1 aromatic heterocycles. The third kappa shape index (κ3) is 3.59. The Morgan fingerprint density at radius 3 is 2.75 bits per heavy atom. The van der Waals surface area contributed by atoms with Crippen molar-refractivity contribution >= 4 is 11.5 Å². The molecular weight excluding hydrogens is 266 g/mol. The first-order valence-corrected chi connectivity index (χ1v) is 9.00. The Morgan fingerprint density at radius 2 is 2.10 bits per heavy atom. The van der Waals surface area contributed by atoms with E-state index in [0.29, 0.717) is 12.0 Å². The topological polar surface area (TPSA) is 37.8 Å². The van der Waals surface area contributed by atoms with Crippen LogP contribution in [-0.2, 0) is 0 Å². The second kappa shape index (κ2) is 7.51. The first kappa shape index (κ1) is 15.9. The molecule has 3 nitrogen and oxygen atoms in total. The van der Waals surface area contributed by atoms with Gasteiger partial charge in [-0.3, -0.25) is 0 Å². The molecule has 0 saturated heterocycles. The highest BCUT2D eigenvalue weighted by Crippen LogP contribution is 2.40. The molecule has 1 aliphatic carbocycles. The van der Waals surface area contributed by atoms with E-state index in [4.69, 9.17) is 0 Å². The average molecular weight is 295 g/mol. The lowest BCUT2D eigenvalue weighted by atomic mass is 9.76. The second-order valence-corrected chi connectivity index (χ2v) is 7.20. The van der Waals surface area contributed by atoms with Crippen LogP contribution >= 0.6 is 11.5 Å². The minimum Gasteiger partial charge on any atom is -0.309 e. The second-order valence-electron chi connectivity index (χ2n) is 6.41. The van der Waals surface area contributed by atoms with Crippen molar-refractivity contribution in [1.29, 1.82) is 0 Å². The van der Waals surface area contributed by atoms with E-state index >= 15 is 0 Å². The van der Waals surface area contributed by atoms with Crippen LogP contribution in [0.4, 0.5) is 0 Å². The van der Waals surface area contributed by atoms with Crippen LogP contribution in [0.1, 0.15) is 82.3 Å². The molecule has 1 saturated carbocycles. The van der Waals surface area contributed by atoms with Crippen LogP contribution in [0.15, 0.2) is 0 Å². The van der Waals surface area contributed by atoms with Crippen molar-refractivity contribution in [2.45, 2.75) is 71.8 Å². The largest absolute Gasteiger partial charge is 0.309 e. The standard InChI is InChI=1S/C16H29N3S/c1-5-12-8-7-9-13(10-12)15(17-6-2)16-14(11(3)4)18-19-20-16/h11-13,15,17H,5-10H2,1-4H3. The van der Waals surface area contributed by atoms with Crippen LogP contribution in [0.2, 0.25) is 0 Å². The molecule has 20 heavy (non-hydrogen) atoms. The first-order chi connectivity index (χ1) is 9.67. The molecule has 0 aliphatic heterocycles. The number of nitrogens with zero attached hydrogens (tertiary/aromatic N) is 2. The minimum atomic E-state index is 0.465. The van der Waals surface area contributed by atoms with Crippen molar-refractivity contribution in [1.82, 2.24) is 14.9 Å². The van der Waals surface area contributed by atoms with E-state index < -0.39 is 0 Å². The fourth-order valence-electron chi connectivity index (χ4n) is 3.52. The summed E-state index contributed by atoms with van der Waals surface area (Å²) >= 11 is 1.60. The number of nitrogens with one attached hydrogen (secondary N) is 1.